The first-order valence-corrected chi connectivity index (χ1v) is 9.48. The van der Waals surface area contributed by atoms with Crippen LogP contribution in [-0.2, 0) is 11.2 Å². The van der Waals surface area contributed by atoms with Crippen LogP contribution >= 0.6 is 11.3 Å². The molecule has 2 aromatic heterocycles. The van der Waals surface area contributed by atoms with Gasteiger partial charge in [0.2, 0.25) is 5.91 Å². The zero-order valence-corrected chi connectivity index (χ0v) is 14.4. The van der Waals surface area contributed by atoms with Crippen LogP contribution in [0.1, 0.15) is 48.2 Å². The van der Waals surface area contributed by atoms with Gasteiger partial charge in [0.05, 0.1) is 18.2 Å². The smallest absolute Gasteiger partial charge is 0.267 e. The average molecular weight is 343 g/mol. The number of piperidine rings is 1. The molecule has 0 spiro atoms. The van der Waals surface area contributed by atoms with Crippen molar-refractivity contribution in [2.24, 2.45) is 0 Å². The summed E-state index contributed by atoms with van der Waals surface area (Å²) in [6.45, 7) is 1.41. The van der Waals surface area contributed by atoms with Crippen LogP contribution in [0.5, 0.6) is 0 Å². The summed E-state index contributed by atoms with van der Waals surface area (Å²) >= 11 is 1.62. The molecule has 1 aliphatic carbocycles. The molecule has 0 aromatic carbocycles. The molecule has 1 saturated carbocycles. The van der Waals surface area contributed by atoms with Gasteiger partial charge >= 0.3 is 0 Å². The van der Waals surface area contributed by atoms with Crippen LogP contribution in [0, 0.1) is 0 Å². The number of nitrogens with zero attached hydrogens (tertiary/aromatic N) is 3. The van der Waals surface area contributed by atoms with Crippen LogP contribution in [-0.4, -0.2) is 33.7 Å². The third-order valence-corrected chi connectivity index (χ3v) is 5.79. The number of amides is 1. The predicted molar refractivity (Wildman–Crippen MR) is 93.3 cm³/mol. The highest BCUT2D eigenvalue weighted by molar-refractivity contribution is 7.10. The van der Waals surface area contributed by atoms with Gasteiger partial charge in [-0.15, -0.1) is 11.3 Å². The summed E-state index contributed by atoms with van der Waals surface area (Å²) in [6, 6.07) is 7.61. The van der Waals surface area contributed by atoms with E-state index in [4.69, 9.17) is 0 Å². The van der Waals surface area contributed by atoms with Crippen LogP contribution in [0.2, 0.25) is 0 Å². The third kappa shape index (κ3) is 3.29. The number of carbonyl (C=O) groups is 1. The topological polar surface area (TPSA) is 55.2 Å². The highest BCUT2D eigenvalue weighted by atomic mass is 32.1. The molecule has 0 bridgehead atoms. The van der Waals surface area contributed by atoms with Crippen LogP contribution < -0.4 is 5.56 Å². The molecule has 0 atom stereocenters. The summed E-state index contributed by atoms with van der Waals surface area (Å²) in [5.41, 5.74) is 1.02. The van der Waals surface area contributed by atoms with Gasteiger partial charge in [-0.25, -0.2) is 4.68 Å². The Balaban J connectivity index is 1.40. The normalized spacial score (nSPS) is 18.8. The van der Waals surface area contributed by atoms with Crippen molar-refractivity contribution in [2.45, 2.75) is 44.1 Å². The van der Waals surface area contributed by atoms with E-state index in [1.807, 2.05) is 28.5 Å². The molecule has 126 valence electrons. The van der Waals surface area contributed by atoms with Gasteiger partial charge in [-0.05, 0) is 43.2 Å². The molecule has 0 N–H and O–H groups in total. The lowest BCUT2D eigenvalue weighted by Gasteiger charge is -2.32. The van der Waals surface area contributed by atoms with Gasteiger partial charge in [-0.3, -0.25) is 9.59 Å². The molecule has 1 amide bonds. The van der Waals surface area contributed by atoms with E-state index < -0.39 is 0 Å². The Morgan fingerprint density at radius 1 is 1.17 bits per heavy atom. The van der Waals surface area contributed by atoms with Crippen LogP contribution in [0.25, 0.3) is 0 Å². The van der Waals surface area contributed by atoms with E-state index in [1.54, 1.807) is 22.1 Å². The summed E-state index contributed by atoms with van der Waals surface area (Å²) in [7, 11) is 0. The Kier molecular flexibility index (Phi) is 4.22. The van der Waals surface area contributed by atoms with Crippen LogP contribution in [0.4, 0.5) is 0 Å². The zero-order chi connectivity index (χ0) is 16.5. The summed E-state index contributed by atoms with van der Waals surface area (Å²) in [6.07, 6.45) is 4.45. The first-order chi connectivity index (χ1) is 11.7. The van der Waals surface area contributed by atoms with E-state index in [0.29, 0.717) is 25.4 Å². The minimum absolute atomic E-state index is 0.0252. The molecule has 4 rings (SSSR count). The SMILES string of the molecule is O=C(Cc1cccs1)N1CCC(n2nc(C3CC3)ccc2=O)CC1. The first-order valence-electron chi connectivity index (χ1n) is 8.60. The molecule has 0 radical (unpaired) electrons. The Morgan fingerprint density at radius 3 is 2.62 bits per heavy atom. The van der Waals surface area contributed by atoms with Gasteiger partial charge in [-0.2, -0.15) is 5.10 Å². The maximum absolute atomic E-state index is 12.4. The molecule has 5 nitrogen and oxygen atoms in total. The quantitative estimate of drug-likeness (QED) is 0.857. The number of thiophene rings is 1. The highest BCUT2D eigenvalue weighted by Gasteiger charge is 2.28. The van der Waals surface area contributed by atoms with E-state index in [-0.39, 0.29) is 17.5 Å². The Bertz CT molecular complexity index is 772. The van der Waals surface area contributed by atoms with E-state index >= 15 is 0 Å². The van der Waals surface area contributed by atoms with Gasteiger partial charge in [0, 0.05) is 30.0 Å². The van der Waals surface area contributed by atoms with Gasteiger partial charge in [0.25, 0.3) is 5.56 Å². The standard InChI is InChI=1S/C18H21N3O2S/c22-17-6-5-16(13-3-4-13)19-21(17)14-7-9-20(10-8-14)18(23)12-15-2-1-11-24-15/h1-2,5-6,11,13-14H,3-4,7-10,12H2. The third-order valence-electron chi connectivity index (χ3n) is 4.91. The summed E-state index contributed by atoms with van der Waals surface area (Å²) in [4.78, 5) is 27.6. The van der Waals surface area contributed by atoms with Crippen molar-refractivity contribution < 1.29 is 4.79 Å². The second-order valence-electron chi connectivity index (χ2n) is 6.68. The fraction of sp³-hybridized carbons (Fsp3) is 0.500. The van der Waals surface area contributed by atoms with Crippen molar-refractivity contribution in [2.75, 3.05) is 13.1 Å². The molecular weight excluding hydrogens is 322 g/mol. The maximum atomic E-state index is 12.4. The fourth-order valence-electron chi connectivity index (χ4n) is 3.33. The molecular formula is C18H21N3O2S. The van der Waals surface area contributed by atoms with Crippen LogP contribution in [0.3, 0.4) is 0 Å². The highest BCUT2D eigenvalue weighted by Crippen LogP contribution is 2.38. The zero-order valence-electron chi connectivity index (χ0n) is 13.6. The molecule has 1 aliphatic heterocycles. The van der Waals surface area contributed by atoms with E-state index in [1.165, 1.54) is 12.8 Å². The van der Waals surface area contributed by atoms with Crippen molar-refractivity contribution in [1.29, 1.82) is 0 Å². The summed E-state index contributed by atoms with van der Waals surface area (Å²) in [5.74, 6) is 0.729. The molecule has 2 aromatic rings. The summed E-state index contributed by atoms with van der Waals surface area (Å²) in [5, 5.41) is 6.59. The van der Waals surface area contributed by atoms with Crippen molar-refractivity contribution in [3.8, 4) is 0 Å². The van der Waals surface area contributed by atoms with Crippen molar-refractivity contribution in [1.82, 2.24) is 14.7 Å². The number of carbonyl (C=O) groups excluding carboxylic acids is 1. The van der Waals surface area contributed by atoms with E-state index in [2.05, 4.69) is 5.10 Å². The maximum Gasteiger partial charge on any atom is 0.267 e. The first kappa shape index (κ1) is 15.6. The van der Waals surface area contributed by atoms with Crippen molar-refractivity contribution in [3.05, 3.63) is 50.6 Å². The summed E-state index contributed by atoms with van der Waals surface area (Å²) < 4.78 is 1.66. The average Bonchev–Trinajstić information content (AvgIpc) is 3.33. The molecule has 0 unspecified atom stereocenters. The minimum Gasteiger partial charge on any atom is -0.342 e. The van der Waals surface area contributed by atoms with Gasteiger partial charge in [-0.1, -0.05) is 6.07 Å². The molecule has 24 heavy (non-hydrogen) atoms. The molecule has 3 heterocycles. The molecule has 2 aliphatic rings. The Hall–Kier alpha value is -1.95. The second-order valence-corrected chi connectivity index (χ2v) is 7.72. The largest absolute Gasteiger partial charge is 0.342 e. The van der Waals surface area contributed by atoms with Crippen LogP contribution in [0.15, 0.2) is 34.4 Å². The number of hydrogen-bond donors (Lipinski definition) is 0. The molecule has 2 fully saturated rings. The van der Waals surface area contributed by atoms with Gasteiger partial charge in [0.15, 0.2) is 0 Å². The number of rotatable bonds is 4. The van der Waals surface area contributed by atoms with Crippen molar-refractivity contribution >= 4 is 17.2 Å². The van der Waals surface area contributed by atoms with Gasteiger partial charge < -0.3 is 4.90 Å². The predicted octanol–water partition coefficient (Wildman–Crippen LogP) is 2.59. The lowest BCUT2D eigenvalue weighted by Crippen LogP contribution is -2.42. The Morgan fingerprint density at radius 2 is 1.96 bits per heavy atom. The number of hydrogen-bond acceptors (Lipinski definition) is 4. The molecule has 1 saturated heterocycles. The Labute approximate surface area is 144 Å². The van der Waals surface area contributed by atoms with Gasteiger partial charge in [0.1, 0.15) is 0 Å². The monoisotopic (exact) mass is 343 g/mol. The molecule has 6 heteroatoms. The van der Waals surface area contributed by atoms with E-state index in [9.17, 15) is 9.59 Å². The van der Waals surface area contributed by atoms with E-state index in [0.717, 1.165) is 23.4 Å². The lowest BCUT2D eigenvalue weighted by atomic mass is 10.0. The number of likely N-dealkylation sites (tertiary alicyclic amines) is 1. The second kappa shape index (κ2) is 6.51. The lowest BCUT2D eigenvalue weighted by molar-refractivity contribution is -0.131. The number of aromatic nitrogens is 2. The van der Waals surface area contributed by atoms with Crippen molar-refractivity contribution in [3.63, 3.8) is 0 Å². The fourth-order valence-corrected chi connectivity index (χ4v) is 4.03. The minimum atomic E-state index is -0.0252.